The lowest BCUT2D eigenvalue weighted by molar-refractivity contribution is 0.338. The van der Waals surface area contributed by atoms with Crippen LogP contribution in [-0.2, 0) is 5.41 Å². The van der Waals surface area contributed by atoms with Crippen LogP contribution in [0.5, 0.6) is 5.75 Å². The summed E-state index contributed by atoms with van der Waals surface area (Å²) < 4.78 is 6.65. The zero-order valence-corrected chi connectivity index (χ0v) is 16.2. The van der Waals surface area contributed by atoms with Gasteiger partial charge in [-0.2, -0.15) is 0 Å². The van der Waals surface area contributed by atoms with Gasteiger partial charge in [0.15, 0.2) is 0 Å². The highest BCUT2D eigenvalue weighted by Crippen LogP contribution is 2.36. The van der Waals surface area contributed by atoms with E-state index < -0.39 is 0 Å². The van der Waals surface area contributed by atoms with Gasteiger partial charge >= 0.3 is 0 Å². The molecule has 1 aromatic heterocycles. The van der Waals surface area contributed by atoms with Crippen LogP contribution in [0.3, 0.4) is 0 Å². The van der Waals surface area contributed by atoms with Crippen LogP contribution in [0, 0.1) is 0 Å². The van der Waals surface area contributed by atoms with E-state index in [0.717, 1.165) is 26.9 Å². The van der Waals surface area contributed by atoms with Crippen molar-refractivity contribution in [2.75, 3.05) is 6.61 Å². The Morgan fingerprint density at radius 2 is 1.96 bits per heavy atom. The number of hydrogen-bond acceptors (Lipinski definition) is 3. The highest BCUT2D eigenvalue weighted by atomic mass is 79.9. The number of aromatic nitrogens is 1. The van der Waals surface area contributed by atoms with Crippen molar-refractivity contribution in [3.63, 3.8) is 0 Å². The molecule has 3 rings (SSSR count). The van der Waals surface area contributed by atoms with Crippen LogP contribution >= 0.6 is 27.3 Å². The van der Waals surface area contributed by atoms with Crippen molar-refractivity contribution < 1.29 is 4.74 Å². The predicted molar refractivity (Wildman–Crippen MR) is 103 cm³/mol. The number of hydrogen-bond donors (Lipinski definition) is 0. The predicted octanol–water partition coefficient (Wildman–Crippen LogP) is 6.42. The molecule has 0 aliphatic heterocycles. The summed E-state index contributed by atoms with van der Waals surface area (Å²) in [6, 6.07) is 10.6. The zero-order valence-electron chi connectivity index (χ0n) is 13.8. The molecule has 3 aromatic rings. The number of rotatable bonds is 3. The summed E-state index contributed by atoms with van der Waals surface area (Å²) in [6.07, 6.45) is 0. The largest absolute Gasteiger partial charge is 0.493 e. The zero-order chi connectivity index (χ0) is 16.6. The number of ether oxygens (including phenoxy) is 1. The van der Waals surface area contributed by atoms with Crippen LogP contribution < -0.4 is 4.74 Å². The fourth-order valence-corrected chi connectivity index (χ4v) is 3.97. The van der Waals surface area contributed by atoms with Gasteiger partial charge in [0, 0.05) is 16.4 Å². The molecular formula is C19H20BrNOS. The second kappa shape index (κ2) is 6.25. The fourth-order valence-electron chi connectivity index (χ4n) is 2.45. The molecule has 0 spiro atoms. The Kier molecular flexibility index (Phi) is 4.47. The van der Waals surface area contributed by atoms with Gasteiger partial charge in [-0.15, -0.1) is 11.3 Å². The molecule has 0 unspecified atom stereocenters. The Balaban J connectivity index is 2.04. The Labute approximate surface area is 149 Å². The van der Waals surface area contributed by atoms with Gasteiger partial charge in [0.1, 0.15) is 5.75 Å². The maximum absolute atomic E-state index is 5.64. The van der Waals surface area contributed by atoms with E-state index in [4.69, 9.17) is 9.72 Å². The lowest BCUT2D eigenvalue weighted by atomic mass is 9.98. The first-order chi connectivity index (χ1) is 10.9. The van der Waals surface area contributed by atoms with E-state index >= 15 is 0 Å². The molecule has 0 amide bonds. The second-order valence-corrected chi connectivity index (χ2v) is 8.19. The van der Waals surface area contributed by atoms with Crippen LogP contribution in [0.15, 0.2) is 40.2 Å². The highest BCUT2D eigenvalue weighted by molar-refractivity contribution is 9.10. The van der Waals surface area contributed by atoms with Gasteiger partial charge in [-0.25, -0.2) is 4.98 Å². The third-order valence-electron chi connectivity index (χ3n) is 3.66. The van der Waals surface area contributed by atoms with Crippen molar-refractivity contribution in [1.29, 1.82) is 0 Å². The number of halogens is 1. The topological polar surface area (TPSA) is 22.1 Å². The third kappa shape index (κ3) is 3.29. The summed E-state index contributed by atoms with van der Waals surface area (Å²) in [5.74, 6) is 0.886. The van der Waals surface area contributed by atoms with Crippen molar-refractivity contribution in [3.8, 4) is 17.0 Å². The molecule has 0 fully saturated rings. The number of benzene rings is 2. The maximum atomic E-state index is 5.64. The van der Waals surface area contributed by atoms with E-state index in [2.05, 4.69) is 66.3 Å². The van der Waals surface area contributed by atoms with E-state index in [1.54, 1.807) is 11.3 Å². The van der Waals surface area contributed by atoms with Crippen LogP contribution in [-0.4, -0.2) is 11.6 Å². The molecule has 0 aliphatic carbocycles. The van der Waals surface area contributed by atoms with Gasteiger partial charge < -0.3 is 4.74 Å². The van der Waals surface area contributed by atoms with E-state index in [1.807, 2.05) is 13.0 Å². The van der Waals surface area contributed by atoms with Crippen molar-refractivity contribution in [2.24, 2.45) is 0 Å². The normalized spacial score (nSPS) is 11.9. The van der Waals surface area contributed by atoms with E-state index in [0.29, 0.717) is 6.61 Å². The Bertz CT molecular complexity index is 848. The average Bonchev–Trinajstić information content (AvgIpc) is 3.00. The third-order valence-corrected chi connectivity index (χ3v) is 5.75. The Morgan fingerprint density at radius 1 is 1.17 bits per heavy atom. The summed E-state index contributed by atoms with van der Waals surface area (Å²) in [5, 5.41) is 5.65. The molecule has 1 heterocycles. The van der Waals surface area contributed by atoms with Crippen molar-refractivity contribution in [2.45, 2.75) is 33.1 Å². The molecule has 2 aromatic carbocycles. The fraction of sp³-hybridized carbons (Fsp3) is 0.316. The van der Waals surface area contributed by atoms with E-state index in [9.17, 15) is 0 Å². The summed E-state index contributed by atoms with van der Waals surface area (Å²) in [4.78, 5) is 4.81. The quantitative estimate of drug-likeness (QED) is 0.515. The molecule has 0 radical (unpaired) electrons. The molecule has 2 nitrogen and oxygen atoms in total. The smallest absolute Gasteiger partial charge is 0.134 e. The Hall–Kier alpha value is -1.39. The monoisotopic (exact) mass is 389 g/mol. The van der Waals surface area contributed by atoms with Crippen molar-refractivity contribution in [1.82, 2.24) is 4.98 Å². The minimum Gasteiger partial charge on any atom is -0.493 e. The molecule has 0 saturated carbocycles. The molecule has 0 saturated heterocycles. The first kappa shape index (κ1) is 16.5. The molecule has 4 heteroatoms. The molecular weight excluding hydrogens is 370 g/mol. The number of thiazole rings is 1. The highest BCUT2D eigenvalue weighted by Gasteiger charge is 2.18. The average molecular weight is 390 g/mol. The summed E-state index contributed by atoms with van der Waals surface area (Å²) >= 11 is 5.38. The van der Waals surface area contributed by atoms with Gasteiger partial charge in [0.05, 0.1) is 21.8 Å². The second-order valence-electron chi connectivity index (χ2n) is 6.53. The molecule has 0 bridgehead atoms. The van der Waals surface area contributed by atoms with Crippen LogP contribution in [0.25, 0.3) is 22.0 Å². The summed E-state index contributed by atoms with van der Waals surface area (Å²) in [7, 11) is 0. The van der Waals surface area contributed by atoms with Gasteiger partial charge in [0.25, 0.3) is 0 Å². The van der Waals surface area contributed by atoms with Crippen molar-refractivity contribution in [3.05, 3.63) is 45.2 Å². The van der Waals surface area contributed by atoms with Gasteiger partial charge in [-0.1, -0.05) is 39.0 Å². The number of fused-ring (bicyclic) bond motifs is 1. The molecule has 23 heavy (non-hydrogen) atoms. The lowest BCUT2D eigenvalue weighted by Gasteiger charge is -2.13. The summed E-state index contributed by atoms with van der Waals surface area (Å²) in [6.45, 7) is 9.25. The molecule has 120 valence electrons. The minimum atomic E-state index is 0.0924. The molecule has 0 N–H and O–H groups in total. The minimum absolute atomic E-state index is 0.0924. The SMILES string of the molecule is CCOc1ccc2cc(-c3csc(C(C)(C)C)n3)ccc2c1Br. The van der Waals surface area contributed by atoms with Gasteiger partial charge in [0.2, 0.25) is 0 Å². The van der Waals surface area contributed by atoms with Crippen molar-refractivity contribution >= 4 is 38.0 Å². The molecule has 0 aliphatic rings. The first-order valence-electron chi connectivity index (χ1n) is 7.71. The first-order valence-corrected chi connectivity index (χ1v) is 9.39. The summed E-state index contributed by atoms with van der Waals surface area (Å²) in [5.41, 5.74) is 2.29. The molecule has 0 atom stereocenters. The lowest BCUT2D eigenvalue weighted by Crippen LogP contribution is -2.10. The number of nitrogens with zero attached hydrogens (tertiary/aromatic N) is 1. The maximum Gasteiger partial charge on any atom is 0.134 e. The van der Waals surface area contributed by atoms with Crippen LogP contribution in [0.2, 0.25) is 0 Å². The standard InChI is InChI=1S/C19H20BrNOS/c1-5-22-16-9-7-12-10-13(6-8-14(12)17(16)20)15-11-23-18(21-15)19(2,3)4/h6-11H,5H2,1-4H3. The van der Waals surface area contributed by atoms with Crippen LogP contribution in [0.4, 0.5) is 0 Å². The van der Waals surface area contributed by atoms with E-state index in [-0.39, 0.29) is 5.41 Å². The Morgan fingerprint density at radius 3 is 2.61 bits per heavy atom. The van der Waals surface area contributed by atoms with Gasteiger partial charge in [-0.3, -0.25) is 0 Å². The van der Waals surface area contributed by atoms with Crippen LogP contribution in [0.1, 0.15) is 32.7 Å². The van der Waals surface area contributed by atoms with Gasteiger partial charge in [-0.05, 0) is 45.8 Å². The van der Waals surface area contributed by atoms with E-state index in [1.165, 1.54) is 10.4 Å².